The third kappa shape index (κ3) is 2.59. The van der Waals surface area contributed by atoms with Gasteiger partial charge in [0.25, 0.3) is 0 Å². The molecule has 0 saturated carbocycles. The number of hydrogen-bond acceptors (Lipinski definition) is 3. The molecule has 0 fully saturated rings. The van der Waals surface area contributed by atoms with E-state index in [2.05, 4.69) is 26.5 Å². The van der Waals surface area contributed by atoms with Crippen LogP contribution in [0.15, 0.2) is 12.1 Å². The van der Waals surface area contributed by atoms with Crippen LogP contribution in [0.25, 0.3) is 0 Å². The lowest BCUT2D eigenvalue weighted by atomic mass is 9.95. The van der Waals surface area contributed by atoms with Crippen molar-refractivity contribution < 1.29 is 9.53 Å². The van der Waals surface area contributed by atoms with Gasteiger partial charge in [-0.2, -0.15) is 12.6 Å². The van der Waals surface area contributed by atoms with Gasteiger partial charge in [-0.3, -0.25) is 4.79 Å². The fourth-order valence-electron chi connectivity index (χ4n) is 1.71. The minimum atomic E-state index is 0.0605. The molecule has 1 aromatic rings. The van der Waals surface area contributed by atoms with E-state index in [0.717, 1.165) is 22.4 Å². The number of carbonyl (C=O) groups excluding carboxylic acids is 1. The summed E-state index contributed by atoms with van der Waals surface area (Å²) < 4.78 is 5.33. The van der Waals surface area contributed by atoms with E-state index in [4.69, 9.17) is 4.74 Å². The molecular weight excluding hydrogens is 220 g/mol. The molecule has 0 amide bonds. The molecule has 1 aromatic carbocycles. The normalized spacial score (nSPS) is 10.6. The fraction of sp³-hybridized carbons (Fsp3) is 0.462. The Hall–Kier alpha value is -0.960. The van der Waals surface area contributed by atoms with E-state index in [-0.39, 0.29) is 11.5 Å². The van der Waals surface area contributed by atoms with Crippen LogP contribution < -0.4 is 4.74 Å². The first-order chi connectivity index (χ1) is 7.51. The van der Waals surface area contributed by atoms with Gasteiger partial charge >= 0.3 is 0 Å². The molecule has 0 N–H and O–H groups in total. The van der Waals surface area contributed by atoms with Crippen LogP contribution in [0.3, 0.4) is 0 Å². The fourth-order valence-corrected chi connectivity index (χ4v) is 1.88. The van der Waals surface area contributed by atoms with Gasteiger partial charge in [0.05, 0.1) is 12.9 Å². The molecule has 0 radical (unpaired) electrons. The lowest BCUT2D eigenvalue weighted by Crippen LogP contribution is -2.06. The van der Waals surface area contributed by atoms with Crippen molar-refractivity contribution in [2.24, 2.45) is 0 Å². The number of ether oxygens (including phenoxy) is 1. The number of Topliss-reactive ketones (excluding diaryl/α,β-unsaturated/α-hetero) is 1. The maximum atomic E-state index is 11.7. The second-order valence-electron chi connectivity index (χ2n) is 4.15. The first-order valence-electron chi connectivity index (χ1n) is 5.33. The molecule has 0 bridgehead atoms. The van der Waals surface area contributed by atoms with Crippen molar-refractivity contribution in [2.45, 2.75) is 26.7 Å². The van der Waals surface area contributed by atoms with Crippen molar-refractivity contribution in [3.8, 4) is 5.75 Å². The Morgan fingerprint density at radius 1 is 1.44 bits per heavy atom. The summed E-state index contributed by atoms with van der Waals surface area (Å²) in [6, 6.07) is 3.85. The smallest absolute Gasteiger partial charge is 0.172 e. The monoisotopic (exact) mass is 238 g/mol. The Balaban J connectivity index is 3.33. The summed E-state index contributed by atoms with van der Waals surface area (Å²) in [5.41, 5.74) is 2.76. The summed E-state index contributed by atoms with van der Waals surface area (Å²) >= 11 is 4.03. The van der Waals surface area contributed by atoms with Gasteiger partial charge in [-0.25, -0.2) is 0 Å². The molecule has 0 aliphatic carbocycles. The standard InChI is InChI=1S/C13H18O2S/c1-8(2)10-6-11(12(14)7-16)9(3)5-13(10)15-4/h5-6,8,16H,7H2,1-4H3. The van der Waals surface area contributed by atoms with Gasteiger partial charge in [-0.1, -0.05) is 13.8 Å². The Labute approximate surface area is 102 Å². The predicted molar refractivity (Wildman–Crippen MR) is 70.0 cm³/mol. The van der Waals surface area contributed by atoms with E-state index in [1.165, 1.54) is 0 Å². The van der Waals surface area contributed by atoms with E-state index in [9.17, 15) is 4.79 Å². The topological polar surface area (TPSA) is 26.3 Å². The lowest BCUT2D eigenvalue weighted by molar-refractivity contribution is 0.102. The van der Waals surface area contributed by atoms with Crippen LogP contribution in [-0.4, -0.2) is 18.6 Å². The van der Waals surface area contributed by atoms with Crippen LogP contribution in [0.4, 0.5) is 0 Å². The molecule has 3 heteroatoms. The molecule has 16 heavy (non-hydrogen) atoms. The molecule has 0 heterocycles. The van der Waals surface area contributed by atoms with Crippen molar-refractivity contribution in [1.29, 1.82) is 0 Å². The first-order valence-corrected chi connectivity index (χ1v) is 5.97. The summed E-state index contributed by atoms with van der Waals surface area (Å²) in [7, 11) is 1.65. The maximum Gasteiger partial charge on any atom is 0.172 e. The van der Waals surface area contributed by atoms with Crippen molar-refractivity contribution in [1.82, 2.24) is 0 Å². The van der Waals surface area contributed by atoms with Crippen LogP contribution in [-0.2, 0) is 0 Å². The minimum absolute atomic E-state index is 0.0605. The predicted octanol–water partition coefficient (Wildman–Crippen LogP) is 3.24. The van der Waals surface area contributed by atoms with Gasteiger partial charge in [0, 0.05) is 5.56 Å². The zero-order valence-corrected chi connectivity index (χ0v) is 11.1. The zero-order chi connectivity index (χ0) is 12.3. The third-order valence-corrected chi connectivity index (χ3v) is 2.93. The van der Waals surface area contributed by atoms with Crippen molar-refractivity contribution >= 4 is 18.4 Å². The van der Waals surface area contributed by atoms with Crippen molar-refractivity contribution in [3.63, 3.8) is 0 Å². The molecule has 0 spiro atoms. The molecule has 0 aliphatic heterocycles. The molecule has 0 aromatic heterocycles. The molecule has 88 valence electrons. The van der Waals surface area contributed by atoms with Crippen LogP contribution >= 0.6 is 12.6 Å². The molecule has 1 rings (SSSR count). The Bertz CT molecular complexity index is 397. The largest absolute Gasteiger partial charge is 0.496 e. The Kier molecular flexibility index (Phi) is 4.42. The SMILES string of the molecule is COc1cc(C)c(C(=O)CS)cc1C(C)C. The van der Waals surface area contributed by atoms with Gasteiger partial charge in [-0.15, -0.1) is 0 Å². The first kappa shape index (κ1) is 13.1. The van der Waals surface area contributed by atoms with Crippen LogP contribution in [0.5, 0.6) is 5.75 Å². The summed E-state index contributed by atoms with van der Waals surface area (Å²) in [5.74, 6) is 1.49. The highest BCUT2D eigenvalue weighted by Gasteiger charge is 2.14. The van der Waals surface area contributed by atoms with Crippen LogP contribution in [0, 0.1) is 6.92 Å². The summed E-state index contributed by atoms with van der Waals surface area (Å²) in [6.45, 7) is 6.09. The number of rotatable bonds is 4. The van der Waals surface area contributed by atoms with Gasteiger partial charge in [0.2, 0.25) is 0 Å². The molecular formula is C13H18O2S. The minimum Gasteiger partial charge on any atom is -0.496 e. The second kappa shape index (κ2) is 5.39. The van der Waals surface area contributed by atoms with Gasteiger partial charge in [-0.05, 0) is 36.1 Å². The molecule has 0 saturated heterocycles. The highest BCUT2D eigenvalue weighted by molar-refractivity contribution is 7.81. The number of aryl methyl sites for hydroxylation is 1. The van der Waals surface area contributed by atoms with Gasteiger partial charge < -0.3 is 4.74 Å². The van der Waals surface area contributed by atoms with Crippen LogP contribution in [0.1, 0.15) is 41.3 Å². The highest BCUT2D eigenvalue weighted by Crippen LogP contribution is 2.29. The number of ketones is 1. The van der Waals surface area contributed by atoms with Crippen molar-refractivity contribution in [3.05, 3.63) is 28.8 Å². The highest BCUT2D eigenvalue weighted by atomic mass is 32.1. The molecule has 0 unspecified atom stereocenters. The average Bonchev–Trinajstić information content (AvgIpc) is 2.27. The molecule has 2 nitrogen and oxygen atoms in total. The number of benzene rings is 1. The van der Waals surface area contributed by atoms with E-state index in [0.29, 0.717) is 5.92 Å². The van der Waals surface area contributed by atoms with E-state index in [1.54, 1.807) is 7.11 Å². The van der Waals surface area contributed by atoms with Crippen LogP contribution in [0.2, 0.25) is 0 Å². The number of thiol groups is 1. The second-order valence-corrected chi connectivity index (χ2v) is 4.46. The Morgan fingerprint density at radius 2 is 2.06 bits per heavy atom. The van der Waals surface area contributed by atoms with E-state index < -0.39 is 0 Å². The van der Waals surface area contributed by atoms with E-state index in [1.807, 2.05) is 19.1 Å². The van der Waals surface area contributed by atoms with Gasteiger partial charge in [0.1, 0.15) is 5.75 Å². The lowest BCUT2D eigenvalue weighted by Gasteiger charge is -2.15. The van der Waals surface area contributed by atoms with Gasteiger partial charge in [0.15, 0.2) is 5.78 Å². The maximum absolute atomic E-state index is 11.7. The quantitative estimate of drug-likeness (QED) is 0.644. The van der Waals surface area contributed by atoms with Crippen molar-refractivity contribution in [2.75, 3.05) is 12.9 Å². The summed E-state index contributed by atoms with van der Waals surface area (Å²) in [6.07, 6.45) is 0. The number of carbonyl (C=O) groups is 1. The van der Waals surface area contributed by atoms with E-state index >= 15 is 0 Å². The zero-order valence-electron chi connectivity index (χ0n) is 10.2. The Morgan fingerprint density at radius 3 is 2.50 bits per heavy atom. The summed E-state index contributed by atoms with van der Waals surface area (Å²) in [4.78, 5) is 11.7. The number of hydrogen-bond donors (Lipinski definition) is 1. The third-order valence-electron chi connectivity index (χ3n) is 2.64. The molecule has 0 aliphatic rings. The molecule has 0 atom stereocenters. The average molecular weight is 238 g/mol. The number of methoxy groups -OCH3 is 1. The summed E-state index contributed by atoms with van der Waals surface area (Å²) in [5, 5.41) is 0.